The number of pyridine rings is 1. The Labute approximate surface area is 273 Å². The highest BCUT2D eigenvalue weighted by atomic mass is 16.2. The number of hydrogen-bond acceptors (Lipinski definition) is 7. The normalized spacial score (nSPS) is 24.0. The van der Waals surface area contributed by atoms with Gasteiger partial charge in [0.15, 0.2) is 5.82 Å². The van der Waals surface area contributed by atoms with Crippen LogP contribution >= 0.6 is 0 Å². The van der Waals surface area contributed by atoms with Crippen molar-refractivity contribution in [2.45, 2.75) is 70.1 Å². The Bertz CT molecular complexity index is 1530. The van der Waals surface area contributed by atoms with E-state index in [0.717, 1.165) is 54.4 Å². The van der Waals surface area contributed by atoms with Crippen LogP contribution in [0.4, 0.5) is 23.0 Å². The van der Waals surface area contributed by atoms with Gasteiger partial charge in [-0.25, -0.2) is 4.98 Å². The van der Waals surface area contributed by atoms with Crippen molar-refractivity contribution in [1.82, 2.24) is 20.1 Å². The number of anilines is 4. The first kappa shape index (κ1) is 30.7. The van der Waals surface area contributed by atoms with Gasteiger partial charge in [0, 0.05) is 69.7 Å². The molecule has 0 radical (unpaired) electrons. The molecule has 9 nitrogen and oxygen atoms in total. The molecule has 1 aromatic heterocycles. The van der Waals surface area contributed by atoms with Gasteiger partial charge in [0.25, 0.3) is 5.91 Å². The van der Waals surface area contributed by atoms with E-state index in [1.54, 1.807) is 11.9 Å². The summed E-state index contributed by atoms with van der Waals surface area (Å²) in [7, 11) is 1.80. The Morgan fingerprint density at radius 1 is 0.891 bits per heavy atom. The molecule has 3 aromatic rings. The summed E-state index contributed by atoms with van der Waals surface area (Å²) in [6, 6.07) is 22.1. The van der Waals surface area contributed by atoms with Gasteiger partial charge < -0.3 is 25.3 Å². The minimum Gasteiger partial charge on any atom is -0.349 e. The summed E-state index contributed by atoms with van der Waals surface area (Å²) in [5.41, 5.74) is 3.34. The number of carbonyl (C=O) groups is 2. The van der Waals surface area contributed by atoms with E-state index >= 15 is 0 Å². The number of aromatic nitrogens is 1. The number of carbonyl (C=O) groups excluding carboxylic acids is 2. The van der Waals surface area contributed by atoms with Crippen LogP contribution in [-0.4, -0.2) is 84.5 Å². The first-order chi connectivity index (χ1) is 22.4. The van der Waals surface area contributed by atoms with Gasteiger partial charge in [-0.3, -0.25) is 14.5 Å². The monoisotopic (exact) mass is 621 g/mol. The lowest BCUT2D eigenvalue weighted by atomic mass is 9.89. The zero-order valence-electron chi connectivity index (χ0n) is 27.2. The Morgan fingerprint density at radius 3 is 2.39 bits per heavy atom. The van der Waals surface area contributed by atoms with E-state index in [1.165, 1.54) is 45.6 Å². The number of hydrogen-bond donors (Lipinski definition) is 2. The SMILES string of the molecule is C[C@@H]1C(=O)N(C)c2ccc(Nc3cccc(C(=O)N[C@H]4CC[C@H](N5CCN(CC6CC6)CC5)CC4)c3)nc2N1Cc1ccccc1. The average molecular weight is 622 g/mol. The number of rotatable bonds is 9. The lowest BCUT2D eigenvalue weighted by Gasteiger charge is -2.42. The van der Waals surface area contributed by atoms with Crippen molar-refractivity contribution in [1.29, 1.82) is 0 Å². The topological polar surface area (TPSA) is 84.0 Å². The van der Waals surface area contributed by atoms with Crippen molar-refractivity contribution in [2.24, 2.45) is 5.92 Å². The number of piperazine rings is 1. The fourth-order valence-electron chi connectivity index (χ4n) is 7.41. The molecule has 1 saturated heterocycles. The molecule has 2 saturated carbocycles. The maximum atomic E-state index is 13.3. The van der Waals surface area contributed by atoms with Crippen LogP contribution in [0.15, 0.2) is 66.7 Å². The Balaban J connectivity index is 0.960. The fourth-order valence-corrected chi connectivity index (χ4v) is 7.41. The summed E-state index contributed by atoms with van der Waals surface area (Å²) < 4.78 is 0. The maximum Gasteiger partial charge on any atom is 0.251 e. The number of amides is 2. The molecule has 2 amide bonds. The number of nitrogens with one attached hydrogen (secondary N) is 2. The molecule has 2 aromatic carbocycles. The number of fused-ring (bicyclic) bond motifs is 1. The molecular formula is C37H47N7O2. The highest BCUT2D eigenvalue weighted by Crippen LogP contribution is 2.36. The molecule has 2 aliphatic carbocycles. The van der Waals surface area contributed by atoms with Crippen LogP contribution in [0.2, 0.25) is 0 Å². The Hall–Kier alpha value is -3.95. The fraction of sp³-hybridized carbons (Fsp3) is 0.486. The van der Waals surface area contributed by atoms with E-state index in [9.17, 15) is 9.59 Å². The van der Waals surface area contributed by atoms with Crippen LogP contribution in [0, 0.1) is 5.92 Å². The second-order valence-corrected chi connectivity index (χ2v) is 13.7. The van der Waals surface area contributed by atoms with Crippen molar-refractivity contribution in [2.75, 3.05) is 54.9 Å². The van der Waals surface area contributed by atoms with E-state index in [0.29, 0.717) is 24.0 Å². The third kappa shape index (κ3) is 6.90. The summed E-state index contributed by atoms with van der Waals surface area (Å²) in [6.45, 7) is 8.61. The van der Waals surface area contributed by atoms with Gasteiger partial charge in [-0.2, -0.15) is 0 Å². The smallest absolute Gasteiger partial charge is 0.251 e. The summed E-state index contributed by atoms with van der Waals surface area (Å²) in [6.07, 6.45) is 7.23. The predicted molar refractivity (Wildman–Crippen MR) is 184 cm³/mol. The molecule has 0 unspecified atom stereocenters. The predicted octanol–water partition coefficient (Wildman–Crippen LogP) is 5.27. The highest BCUT2D eigenvalue weighted by Gasteiger charge is 2.35. The van der Waals surface area contributed by atoms with Gasteiger partial charge in [0.2, 0.25) is 5.91 Å². The molecule has 46 heavy (non-hydrogen) atoms. The largest absolute Gasteiger partial charge is 0.349 e. The maximum absolute atomic E-state index is 13.3. The molecule has 0 spiro atoms. The highest BCUT2D eigenvalue weighted by molar-refractivity contribution is 6.04. The minimum atomic E-state index is -0.343. The zero-order valence-corrected chi connectivity index (χ0v) is 27.2. The van der Waals surface area contributed by atoms with E-state index in [-0.39, 0.29) is 23.9 Å². The molecule has 2 aliphatic heterocycles. The molecular weight excluding hydrogens is 574 g/mol. The second kappa shape index (κ2) is 13.4. The minimum absolute atomic E-state index is 0.0258. The van der Waals surface area contributed by atoms with Gasteiger partial charge in [0.1, 0.15) is 11.9 Å². The van der Waals surface area contributed by atoms with Gasteiger partial charge in [-0.05, 0) is 87.3 Å². The molecule has 242 valence electrons. The molecule has 1 atom stereocenters. The quantitative estimate of drug-likeness (QED) is 0.337. The van der Waals surface area contributed by atoms with Crippen LogP contribution in [0.25, 0.3) is 0 Å². The summed E-state index contributed by atoms with van der Waals surface area (Å²) >= 11 is 0. The van der Waals surface area contributed by atoms with Gasteiger partial charge in [-0.1, -0.05) is 36.4 Å². The van der Waals surface area contributed by atoms with Gasteiger partial charge >= 0.3 is 0 Å². The first-order valence-electron chi connectivity index (χ1n) is 17.1. The molecule has 7 rings (SSSR count). The van der Waals surface area contributed by atoms with Crippen molar-refractivity contribution < 1.29 is 9.59 Å². The summed E-state index contributed by atoms with van der Waals surface area (Å²) in [4.78, 5) is 40.4. The Morgan fingerprint density at radius 2 is 1.65 bits per heavy atom. The molecule has 9 heteroatoms. The summed E-state index contributed by atoms with van der Waals surface area (Å²) in [5, 5.41) is 6.72. The lowest BCUT2D eigenvalue weighted by molar-refractivity contribution is -0.119. The number of likely N-dealkylation sites (N-methyl/N-ethyl adjacent to an activating group) is 1. The van der Waals surface area contributed by atoms with E-state index in [4.69, 9.17) is 4.98 Å². The molecule has 4 aliphatic rings. The lowest BCUT2D eigenvalue weighted by Crippen LogP contribution is -2.52. The van der Waals surface area contributed by atoms with Crippen molar-refractivity contribution >= 4 is 34.8 Å². The standard InChI is InChI=1S/C37H47N7O2/c1-26-37(46)41(2)33-17-18-34(40-35(33)44(26)25-27-7-4-3-5-8-27)38-31-10-6-9-29(23-31)36(45)39-30-13-15-32(16-14-30)43-21-19-42(20-22-43)24-28-11-12-28/h3-10,17-18,23,26,28,30,32H,11-16,19-22,24-25H2,1-2H3,(H,38,40)(H,39,45)/t26-,30-,32-/m1/s1. The second-order valence-electron chi connectivity index (χ2n) is 13.7. The van der Waals surface area contributed by atoms with Gasteiger partial charge in [-0.15, -0.1) is 0 Å². The van der Waals surface area contributed by atoms with Crippen LogP contribution in [-0.2, 0) is 11.3 Å². The van der Waals surface area contributed by atoms with Crippen molar-refractivity contribution in [3.63, 3.8) is 0 Å². The van der Waals surface area contributed by atoms with Crippen LogP contribution in [0.5, 0.6) is 0 Å². The number of benzene rings is 2. The van der Waals surface area contributed by atoms with Crippen LogP contribution in [0.1, 0.15) is 61.4 Å². The van der Waals surface area contributed by atoms with Gasteiger partial charge in [0.05, 0.1) is 5.69 Å². The Kier molecular flexibility index (Phi) is 8.95. The van der Waals surface area contributed by atoms with Crippen LogP contribution < -0.4 is 20.4 Å². The van der Waals surface area contributed by atoms with E-state index < -0.39 is 0 Å². The first-order valence-corrected chi connectivity index (χ1v) is 17.1. The van der Waals surface area contributed by atoms with Crippen molar-refractivity contribution in [3.05, 3.63) is 77.9 Å². The zero-order chi connectivity index (χ0) is 31.6. The summed E-state index contributed by atoms with van der Waals surface area (Å²) in [5.74, 6) is 2.41. The molecule has 3 heterocycles. The van der Waals surface area contributed by atoms with Crippen molar-refractivity contribution in [3.8, 4) is 0 Å². The average Bonchev–Trinajstić information content (AvgIpc) is 3.91. The molecule has 2 N–H and O–H groups in total. The van der Waals surface area contributed by atoms with Crippen LogP contribution in [0.3, 0.4) is 0 Å². The molecule has 0 bridgehead atoms. The third-order valence-electron chi connectivity index (χ3n) is 10.4. The van der Waals surface area contributed by atoms with E-state index in [2.05, 4.69) is 37.5 Å². The van der Waals surface area contributed by atoms with E-state index in [1.807, 2.05) is 61.5 Å². The third-order valence-corrected chi connectivity index (χ3v) is 10.4. The molecule has 3 fully saturated rings. The number of nitrogens with zero attached hydrogens (tertiary/aromatic N) is 5.